The molecule has 3 heterocycles. The second-order valence-corrected chi connectivity index (χ2v) is 11.4. The molecule has 1 aliphatic heterocycles. The summed E-state index contributed by atoms with van der Waals surface area (Å²) in [5.74, 6) is 0.956. The molecule has 1 saturated heterocycles. The molecule has 2 aliphatic carbocycles. The Labute approximate surface area is 198 Å². The fourth-order valence-corrected chi connectivity index (χ4v) is 5.93. The third kappa shape index (κ3) is 3.88. The molecule has 8 nitrogen and oxygen atoms in total. The van der Waals surface area contributed by atoms with Gasteiger partial charge in [-0.25, -0.2) is 32.1 Å². The van der Waals surface area contributed by atoms with Crippen molar-refractivity contribution in [2.24, 2.45) is 0 Å². The van der Waals surface area contributed by atoms with Gasteiger partial charge in [-0.2, -0.15) is 0 Å². The number of aromatic nitrogens is 4. The normalized spacial score (nSPS) is 19.0. The third-order valence-corrected chi connectivity index (χ3v) is 8.29. The van der Waals surface area contributed by atoms with E-state index in [-0.39, 0.29) is 11.9 Å². The van der Waals surface area contributed by atoms with E-state index in [2.05, 4.69) is 14.9 Å². The Hall–Kier alpha value is -2.85. The molecular weight excluding hydrogens is 455 g/mol. The highest BCUT2D eigenvalue weighted by Gasteiger charge is 2.35. The minimum Gasteiger partial charge on any atom is -0.351 e. The van der Waals surface area contributed by atoms with Gasteiger partial charge in [0.05, 0.1) is 28.9 Å². The lowest BCUT2D eigenvalue weighted by Gasteiger charge is -2.30. The molecule has 0 atom stereocenters. The van der Waals surface area contributed by atoms with Crippen molar-refractivity contribution in [1.82, 2.24) is 23.8 Å². The van der Waals surface area contributed by atoms with E-state index in [0.29, 0.717) is 49.3 Å². The molecular formula is C24H27FN6O2S. The number of halogens is 1. The Morgan fingerprint density at radius 2 is 1.82 bits per heavy atom. The van der Waals surface area contributed by atoms with Crippen molar-refractivity contribution in [3.8, 4) is 22.8 Å². The Morgan fingerprint density at radius 1 is 1.06 bits per heavy atom. The van der Waals surface area contributed by atoms with E-state index in [1.165, 1.54) is 16.6 Å². The van der Waals surface area contributed by atoms with Crippen molar-refractivity contribution in [3.63, 3.8) is 0 Å². The SMILES string of the molecule is CS(=O)(=O)N1CCC(Nc2ncc3c(n2)-c2c(nc(-c4ccccc4F)n2C2CC2)CC3)CC1. The standard InChI is InChI=1S/C24H27FN6O2S/c1-34(32,33)30-12-10-16(11-13-30)27-24-26-14-15-6-9-20-22(21(15)29-24)31(17-7-8-17)23(28-20)18-4-2-3-5-19(18)25/h2-5,14,16-17H,6-13H2,1H3,(H,26,27,29). The van der Waals surface area contributed by atoms with Crippen molar-refractivity contribution < 1.29 is 12.8 Å². The molecule has 1 saturated carbocycles. The zero-order valence-electron chi connectivity index (χ0n) is 19.0. The average Bonchev–Trinajstić information content (AvgIpc) is 3.58. The molecule has 34 heavy (non-hydrogen) atoms. The van der Waals surface area contributed by atoms with E-state index < -0.39 is 10.0 Å². The highest BCUT2D eigenvalue weighted by molar-refractivity contribution is 7.88. The fraction of sp³-hybridized carbons (Fsp3) is 0.458. The Bertz CT molecular complexity index is 1360. The number of hydrogen-bond acceptors (Lipinski definition) is 6. The summed E-state index contributed by atoms with van der Waals surface area (Å²) >= 11 is 0. The topological polar surface area (TPSA) is 93.0 Å². The summed E-state index contributed by atoms with van der Waals surface area (Å²) < 4.78 is 42.0. The summed E-state index contributed by atoms with van der Waals surface area (Å²) in [7, 11) is -3.16. The second-order valence-electron chi connectivity index (χ2n) is 9.46. The lowest BCUT2D eigenvalue weighted by atomic mass is 9.98. The molecule has 3 aliphatic rings. The molecule has 2 aromatic heterocycles. The Kier molecular flexibility index (Phi) is 5.18. The van der Waals surface area contributed by atoms with Crippen LogP contribution >= 0.6 is 0 Å². The van der Waals surface area contributed by atoms with Crippen LogP contribution in [0.3, 0.4) is 0 Å². The molecule has 1 N–H and O–H groups in total. The van der Waals surface area contributed by atoms with Gasteiger partial charge >= 0.3 is 0 Å². The van der Waals surface area contributed by atoms with Crippen molar-refractivity contribution in [2.45, 2.75) is 50.6 Å². The molecule has 0 bridgehead atoms. The van der Waals surface area contributed by atoms with Gasteiger partial charge in [0.2, 0.25) is 16.0 Å². The maximum atomic E-state index is 14.7. The summed E-state index contributed by atoms with van der Waals surface area (Å²) in [5, 5.41) is 3.41. The molecule has 2 fully saturated rings. The number of imidazole rings is 1. The predicted molar refractivity (Wildman–Crippen MR) is 127 cm³/mol. The van der Waals surface area contributed by atoms with E-state index >= 15 is 0 Å². The third-order valence-electron chi connectivity index (χ3n) is 6.99. The number of aryl methyl sites for hydroxylation is 2. The summed E-state index contributed by atoms with van der Waals surface area (Å²) in [4.78, 5) is 14.4. The fourth-order valence-electron chi connectivity index (χ4n) is 5.06. The van der Waals surface area contributed by atoms with E-state index in [4.69, 9.17) is 9.97 Å². The van der Waals surface area contributed by atoms with Gasteiger partial charge in [-0.05, 0) is 56.2 Å². The molecule has 0 amide bonds. The number of sulfonamides is 1. The number of anilines is 1. The first kappa shape index (κ1) is 21.7. The van der Waals surface area contributed by atoms with E-state index in [1.54, 1.807) is 12.1 Å². The van der Waals surface area contributed by atoms with Crippen molar-refractivity contribution >= 4 is 16.0 Å². The number of piperidine rings is 1. The summed E-state index contributed by atoms with van der Waals surface area (Å²) in [6.07, 6.45) is 8.23. The van der Waals surface area contributed by atoms with Crippen LogP contribution in [0.4, 0.5) is 10.3 Å². The van der Waals surface area contributed by atoms with E-state index in [1.807, 2.05) is 12.3 Å². The maximum Gasteiger partial charge on any atom is 0.223 e. The average molecular weight is 483 g/mol. The largest absolute Gasteiger partial charge is 0.351 e. The summed E-state index contributed by atoms with van der Waals surface area (Å²) in [5.41, 5.74) is 4.42. The smallest absolute Gasteiger partial charge is 0.223 e. The van der Waals surface area contributed by atoms with Gasteiger partial charge in [-0.1, -0.05) is 12.1 Å². The number of hydrogen-bond donors (Lipinski definition) is 1. The van der Waals surface area contributed by atoms with Crippen LogP contribution in [0, 0.1) is 5.82 Å². The van der Waals surface area contributed by atoms with Gasteiger partial charge in [0.1, 0.15) is 11.6 Å². The number of benzene rings is 1. The van der Waals surface area contributed by atoms with Gasteiger partial charge in [0.25, 0.3) is 0 Å². The van der Waals surface area contributed by atoms with Crippen LogP contribution < -0.4 is 5.32 Å². The quantitative estimate of drug-likeness (QED) is 0.599. The van der Waals surface area contributed by atoms with Crippen LogP contribution in [-0.2, 0) is 22.9 Å². The van der Waals surface area contributed by atoms with Crippen LogP contribution in [0.15, 0.2) is 30.5 Å². The Morgan fingerprint density at radius 3 is 2.53 bits per heavy atom. The van der Waals surface area contributed by atoms with Gasteiger partial charge in [0, 0.05) is 31.4 Å². The minimum atomic E-state index is -3.16. The lowest BCUT2D eigenvalue weighted by molar-refractivity contribution is 0.331. The monoisotopic (exact) mass is 482 g/mol. The van der Waals surface area contributed by atoms with E-state index in [9.17, 15) is 12.8 Å². The van der Waals surface area contributed by atoms with Crippen molar-refractivity contribution in [3.05, 3.63) is 47.5 Å². The molecule has 6 rings (SSSR count). The second kappa shape index (κ2) is 8.13. The van der Waals surface area contributed by atoms with E-state index in [0.717, 1.165) is 48.3 Å². The maximum absolute atomic E-state index is 14.7. The molecule has 1 aromatic carbocycles. The molecule has 10 heteroatoms. The number of nitrogens with zero attached hydrogens (tertiary/aromatic N) is 5. The molecule has 0 radical (unpaired) electrons. The molecule has 0 spiro atoms. The number of nitrogens with one attached hydrogen (secondary N) is 1. The lowest BCUT2D eigenvalue weighted by Crippen LogP contribution is -2.42. The van der Waals surface area contributed by atoms with Crippen LogP contribution in [0.1, 0.15) is 43.0 Å². The zero-order chi connectivity index (χ0) is 23.4. The molecule has 0 unspecified atom stereocenters. The van der Waals surface area contributed by atoms with Gasteiger partial charge in [-0.3, -0.25) is 0 Å². The highest BCUT2D eigenvalue weighted by Crippen LogP contribution is 2.45. The van der Waals surface area contributed by atoms with Crippen LogP contribution in [-0.4, -0.2) is 57.6 Å². The summed E-state index contributed by atoms with van der Waals surface area (Å²) in [6.45, 7) is 0.984. The van der Waals surface area contributed by atoms with Gasteiger partial charge < -0.3 is 9.88 Å². The van der Waals surface area contributed by atoms with Crippen molar-refractivity contribution in [2.75, 3.05) is 24.7 Å². The van der Waals surface area contributed by atoms with Crippen LogP contribution in [0.25, 0.3) is 22.8 Å². The molecule has 3 aromatic rings. The number of rotatable bonds is 5. The first-order chi connectivity index (χ1) is 16.4. The summed E-state index contributed by atoms with van der Waals surface area (Å²) in [6, 6.07) is 7.23. The zero-order valence-corrected chi connectivity index (χ0v) is 19.9. The first-order valence-electron chi connectivity index (χ1n) is 11.8. The van der Waals surface area contributed by atoms with Crippen LogP contribution in [0.5, 0.6) is 0 Å². The van der Waals surface area contributed by atoms with Gasteiger partial charge in [0.15, 0.2) is 0 Å². The Balaban J connectivity index is 1.34. The molecule has 178 valence electrons. The number of fused-ring (bicyclic) bond motifs is 3. The van der Waals surface area contributed by atoms with Gasteiger partial charge in [-0.15, -0.1) is 0 Å². The highest BCUT2D eigenvalue weighted by atomic mass is 32.2. The van der Waals surface area contributed by atoms with Crippen molar-refractivity contribution in [1.29, 1.82) is 0 Å². The van der Waals surface area contributed by atoms with Crippen LogP contribution in [0.2, 0.25) is 0 Å². The predicted octanol–water partition coefficient (Wildman–Crippen LogP) is 3.42. The first-order valence-corrected chi connectivity index (χ1v) is 13.7. The minimum absolute atomic E-state index is 0.112.